The maximum Gasteiger partial charge on any atom is 0.251 e. The number of anilines is 2. The number of hydrogen-bond donors (Lipinski definition) is 3. The third kappa shape index (κ3) is 6.74. The van der Waals surface area contributed by atoms with Crippen LogP contribution in [0.15, 0.2) is 102 Å². The molecule has 34 heavy (non-hydrogen) atoms. The van der Waals surface area contributed by atoms with E-state index in [1.54, 1.807) is 54.8 Å². The molecule has 0 aliphatic rings. The Kier molecular flexibility index (Phi) is 7.58. The maximum atomic E-state index is 12.4. The highest BCUT2D eigenvalue weighted by Crippen LogP contribution is 2.19. The lowest BCUT2D eigenvalue weighted by molar-refractivity contribution is -0.114. The van der Waals surface area contributed by atoms with Crippen LogP contribution in [0.25, 0.3) is 0 Å². The number of carbonyl (C=O) groups excluding carboxylic acids is 2. The van der Waals surface area contributed by atoms with Gasteiger partial charge >= 0.3 is 0 Å². The van der Waals surface area contributed by atoms with Gasteiger partial charge in [0.05, 0.1) is 19.4 Å². The number of benzene rings is 3. The molecular weight excluding hydrogens is 430 g/mol. The molecule has 4 rings (SSSR count). The first-order valence-corrected chi connectivity index (χ1v) is 10.9. The first kappa shape index (κ1) is 22.7. The number of nitrogens with one attached hydrogen (secondary N) is 3. The Bertz CT molecular complexity index is 1220. The molecule has 0 saturated carbocycles. The maximum absolute atomic E-state index is 12.4. The first-order valence-electron chi connectivity index (χ1n) is 10.9. The van der Waals surface area contributed by atoms with Gasteiger partial charge in [0.25, 0.3) is 5.91 Å². The lowest BCUT2D eigenvalue weighted by Gasteiger charge is -2.11. The van der Waals surface area contributed by atoms with Crippen molar-refractivity contribution in [2.24, 2.45) is 0 Å². The molecule has 0 aliphatic heterocycles. The second-order valence-electron chi connectivity index (χ2n) is 7.55. The van der Waals surface area contributed by atoms with Gasteiger partial charge in [0.1, 0.15) is 18.1 Å². The number of rotatable bonds is 10. The highest BCUT2D eigenvalue weighted by atomic mass is 16.5. The lowest BCUT2D eigenvalue weighted by Crippen LogP contribution is -2.23. The quantitative estimate of drug-likeness (QED) is 0.318. The molecule has 3 aromatic carbocycles. The van der Waals surface area contributed by atoms with Crippen LogP contribution < -0.4 is 20.7 Å². The summed E-state index contributed by atoms with van der Waals surface area (Å²) in [4.78, 5) is 24.8. The average Bonchev–Trinajstić information content (AvgIpc) is 3.40. The lowest BCUT2D eigenvalue weighted by atomic mass is 10.2. The zero-order valence-corrected chi connectivity index (χ0v) is 18.5. The fraction of sp³-hybridized carbons (Fsp3) is 0.111. The number of amides is 2. The predicted molar refractivity (Wildman–Crippen MR) is 131 cm³/mol. The van der Waals surface area contributed by atoms with Gasteiger partial charge in [-0.15, -0.1) is 0 Å². The van der Waals surface area contributed by atoms with Crippen LogP contribution in [0.5, 0.6) is 5.75 Å². The summed E-state index contributed by atoms with van der Waals surface area (Å²) in [6, 6.07) is 27.7. The van der Waals surface area contributed by atoms with E-state index in [0.29, 0.717) is 41.6 Å². The Morgan fingerprint density at radius 2 is 1.65 bits per heavy atom. The van der Waals surface area contributed by atoms with E-state index in [9.17, 15) is 9.59 Å². The Morgan fingerprint density at radius 1 is 0.824 bits per heavy atom. The summed E-state index contributed by atoms with van der Waals surface area (Å²) >= 11 is 0. The van der Waals surface area contributed by atoms with E-state index >= 15 is 0 Å². The minimum absolute atomic E-state index is 0.0482. The highest BCUT2D eigenvalue weighted by molar-refractivity contribution is 5.96. The van der Waals surface area contributed by atoms with Gasteiger partial charge in [0.2, 0.25) is 5.91 Å². The van der Waals surface area contributed by atoms with Crippen LogP contribution in [0.4, 0.5) is 11.4 Å². The molecule has 3 N–H and O–H groups in total. The van der Waals surface area contributed by atoms with Crippen LogP contribution in [-0.4, -0.2) is 18.4 Å². The molecule has 1 aromatic heterocycles. The fourth-order valence-corrected chi connectivity index (χ4v) is 3.25. The second kappa shape index (κ2) is 11.4. The summed E-state index contributed by atoms with van der Waals surface area (Å²) in [6.45, 7) is 0.803. The van der Waals surface area contributed by atoms with E-state index in [0.717, 1.165) is 5.56 Å². The molecule has 0 atom stereocenters. The number of carbonyl (C=O) groups is 2. The molecule has 0 unspecified atom stereocenters. The molecule has 0 aliphatic carbocycles. The molecule has 2 amide bonds. The zero-order chi connectivity index (χ0) is 23.6. The minimum atomic E-state index is -0.225. The smallest absolute Gasteiger partial charge is 0.251 e. The van der Waals surface area contributed by atoms with Crippen LogP contribution in [0, 0.1) is 0 Å². The van der Waals surface area contributed by atoms with Crippen molar-refractivity contribution < 1.29 is 18.7 Å². The van der Waals surface area contributed by atoms with Crippen molar-refractivity contribution in [1.82, 2.24) is 5.32 Å². The summed E-state index contributed by atoms with van der Waals surface area (Å²) in [6.07, 6.45) is 1.56. The van der Waals surface area contributed by atoms with Crippen LogP contribution in [0.2, 0.25) is 0 Å². The van der Waals surface area contributed by atoms with Gasteiger partial charge in [-0.05, 0) is 48.0 Å². The van der Waals surface area contributed by atoms with Crippen molar-refractivity contribution in [1.29, 1.82) is 0 Å². The number of hydrogen-bond acceptors (Lipinski definition) is 5. The van der Waals surface area contributed by atoms with Crippen LogP contribution in [-0.2, 0) is 17.9 Å². The predicted octanol–water partition coefficient (Wildman–Crippen LogP) is 4.84. The Balaban J connectivity index is 1.26. The Morgan fingerprint density at radius 3 is 2.47 bits per heavy atom. The second-order valence-corrected chi connectivity index (χ2v) is 7.55. The minimum Gasteiger partial charge on any atom is -0.489 e. The van der Waals surface area contributed by atoms with Crippen molar-refractivity contribution in [3.8, 4) is 5.75 Å². The third-order valence-corrected chi connectivity index (χ3v) is 4.95. The SMILES string of the molecule is O=C(CNc1cccc(C(=O)NCc2ccco2)c1)Nc1cccc(OCc2ccccc2)c1. The van der Waals surface area contributed by atoms with Gasteiger partial charge in [-0.2, -0.15) is 0 Å². The molecular formula is C27H25N3O4. The molecule has 1 heterocycles. The summed E-state index contributed by atoms with van der Waals surface area (Å²) in [7, 11) is 0. The van der Waals surface area contributed by atoms with Crippen LogP contribution in [0.1, 0.15) is 21.7 Å². The molecule has 0 spiro atoms. The highest BCUT2D eigenvalue weighted by Gasteiger charge is 2.08. The third-order valence-electron chi connectivity index (χ3n) is 4.95. The normalized spacial score (nSPS) is 10.4. The molecule has 0 saturated heterocycles. The van der Waals surface area contributed by atoms with Crippen molar-refractivity contribution in [2.75, 3.05) is 17.2 Å². The summed E-state index contributed by atoms with van der Waals surface area (Å²) < 4.78 is 11.0. The van der Waals surface area contributed by atoms with Gasteiger partial charge in [0, 0.05) is 23.0 Å². The van der Waals surface area contributed by atoms with Crippen molar-refractivity contribution in [3.63, 3.8) is 0 Å². The van der Waals surface area contributed by atoms with Gasteiger partial charge in [0.15, 0.2) is 0 Å². The molecule has 7 nitrogen and oxygen atoms in total. The molecule has 7 heteroatoms. The Labute approximate surface area is 197 Å². The molecule has 0 bridgehead atoms. The monoisotopic (exact) mass is 455 g/mol. The van der Waals surface area contributed by atoms with Gasteiger partial charge in [-0.1, -0.05) is 42.5 Å². The van der Waals surface area contributed by atoms with Crippen molar-refractivity contribution >= 4 is 23.2 Å². The summed E-state index contributed by atoms with van der Waals surface area (Å²) in [5, 5.41) is 8.70. The molecule has 172 valence electrons. The zero-order valence-electron chi connectivity index (χ0n) is 18.5. The molecule has 0 radical (unpaired) electrons. The number of ether oxygens (including phenoxy) is 1. The Hall–Kier alpha value is -4.52. The van der Waals surface area contributed by atoms with E-state index in [1.165, 1.54) is 0 Å². The number of furan rings is 1. The first-order chi connectivity index (χ1) is 16.7. The van der Waals surface area contributed by atoms with E-state index in [2.05, 4.69) is 16.0 Å². The standard InChI is InChI=1S/C27H25N3O4/c31-26(30-23-11-5-12-24(16-23)34-19-20-7-2-1-3-8-20)18-28-22-10-4-9-21(15-22)27(32)29-17-25-13-6-14-33-25/h1-16,28H,17-19H2,(H,29,32)(H,30,31). The largest absolute Gasteiger partial charge is 0.489 e. The summed E-state index contributed by atoms with van der Waals surface area (Å²) in [5.74, 6) is 0.904. The molecule has 0 fully saturated rings. The fourth-order valence-electron chi connectivity index (χ4n) is 3.25. The van der Waals surface area contributed by atoms with Gasteiger partial charge in [-0.3, -0.25) is 9.59 Å². The average molecular weight is 456 g/mol. The van der Waals surface area contributed by atoms with Crippen LogP contribution >= 0.6 is 0 Å². The van der Waals surface area contributed by atoms with Gasteiger partial charge in [-0.25, -0.2) is 0 Å². The van der Waals surface area contributed by atoms with E-state index in [-0.39, 0.29) is 18.4 Å². The van der Waals surface area contributed by atoms with Crippen molar-refractivity contribution in [2.45, 2.75) is 13.2 Å². The topological polar surface area (TPSA) is 92.6 Å². The van der Waals surface area contributed by atoms with E-state index < -0.39 is 0 Å². The van der Waals surface area contributed by atoms with E-state index in [1.807, 2.05) is 42.5 Å². The van der Waals surface area contributed by atoms with Crippen molar-refractivity contribution in [3.05, 3.63) is 114 Å². The van der Waals surface area contributed by atoms with Gasteiger partial charge < -0.3 is 25.1 Å². The van der Waals surface area contributed by atoms with Crippen LogP contribution in [0.3, 0.4) is 0 Å². The summed E-state index contributed by atoms with van der Waals surface area (Å²) in [5.41, 5.74) is 2.86. The molecule has 4 aromatic rings. The van der Waals surface area contributed by atoms with E-state index in [4.69, 9.17) is 9.15 Å².